The monoisotopic (exact) mass is 420 g/mol. The standard InChI is InChI=1S/C28H28N4/c1-17-13-21(5-9-25(17)29)23-7-11-27(19(3)15-23)31-32-28-12-8-24(16-20(28)4)22-6-10-26(30)18(2)14-22/h5-16H,29-30H2,1-4H3. The Labute approximate surface area is 189 Å². The first-order valence-electron chi connectivity index (χ1n) is 10.7. The molecule has 0 fully saturated rings. The third-order valence-electron chi connectivity index (χ3n) is 5.87. The average molecular weight is 421 g/mol. The Kier molecular flexibility index (Phi) is 5.78. The van der Waals surface area contributed by atoms with Crippen LogP contribution in [-0.4, -0.2) is 0 Å². The topological polar surface area (TPSA) is 76.8 Å². The zero-order valence-corrected chi connectivity index (χ0v) is 19.0. The summed E-state index contributed by atoms with van der Waals surface area (Å²) in [7, 11) is 0. The highest BCUT2D eigenvalue weighted by molar-refractivity contribution is 5.72. The third kappa shape index (κ3) is 4.40. The van der Waals surface area contributed by atoms with Crippen molar-refractivity contribution in [2.45, 2.75) is 27.7 Å². The molecule has 4 aromatic rings. The molecule has 4 N–H and O–H groups in total. The summed E-state index contributed by atoms with van der Waals surface area (Å²) in [4.78, 5) is 0. The fourth-order valence-corrected chi connectivity index (χ4v) is 3.71. The van der Waals surface area contributed by atoms with Gasteiger partial charge >= 0.3 is 0 Å². The molecule has 0 saturated heterocycles. The number of azo groups is 1. The van der Waals surface area contributed by atoms with Crippen molar-refractivity contribution in [1.29, 1.82) is 0 Å². The molecule has 0 spiro atoms. The van der Waals surface area contributed by atoms with Crippen molar-refractivity contribution in [3.63, 3.8) is 0 Å². The molecule has 0 radical (unpaired) electrons. The Morgan fingerprint density at radius 1 is 0.438 bits per heavy atom. The van der Waals surface area contributed by atoms with E-state index in [4.69, 9.17) is 11.5 Å². The van der Waals surface area contributed by atoms with Crippen LogP contribution in [-0.2, 0) is 0 Å². The number of benzene rings is 4. The molecule has 0 atom stereocenters. The van der Waals surface area contributed by atoms with Crippen molar-refractivity contribution in [1.82, 2.24) is 0 Å². The summed E-state index contributed by atoms with van der Waals surface area (Å²) >= 11 is 0. The number of nitrogen functional groups attached to an aromatic ring is 2. The van der Waals surface area contributed by atoms with Crippen molar-refractivity contribution in [3.8, 4) is 22.3 Å². The van der Waals surface area contributed by atoms with Crippen LogP contribution in [0.15, 0.2) is 83.0 Å². The Bertz CT molecular complexity index is 1230. The van der Waals surface area contributed by atoms with E-state index in [0.717, 1.165) is 67.3 Å². The van der Waals surface area contributed by atoms with Gasteiger partial charge < -0.3 is 11.5 Å². The smallest absolute Gasteiger partial charge is 0.0886 e. The Morgan fingerprint density at radius 3 is 1.06 bits per heavy atom. The zero-order chi connectivity index (χ0) is 22.8. The van der Waals surface area contributed by atoms with Gasteiger partial charge in [-0.15, -0.1) is 0 Å². The molecule has 4 nitrogen and oxygen atoms in total. The highest BCUT2D eigenvalue weighted by Crippen LogP contribution is 2.32. The van der Waals surface area contributed by atoms with Crippen molar-refractivity contribution in [2.75, 3.05) is 11.5 Å². The molecule has 0 aromatic heterocycles. The predicted molar refractivity (Wildman–Crippen MR) is 136 cm³/mol. The number of nitrogens with zero attached hydrogens (tertiary/aromatic N) is 2. The van der Waals surface area contributed by atoms with Gasteiger partial charge in [-0.3, -0.25) is 0 Å². The van der Waals surface area contributed by atoms with Crippen LogP contribution in [0.3, 0.4) is 0 Å². The van der Waals surface area contributed by atoms with E-state index >= 15 is 0 Å². The second-order valence-corrected chi connectivity index (χ2v) is 8.35. The molecule has 0 aliphatic carbocycles. The fraction of sp³-hybridized carbons (Fsp3) is 0.143. The van der Waals surface area contributed by atoms with Crippen LogP contribution in [0.1, 0.15) is 22.3 Å². The quantitative estimate of drug-likeness (QED) is 0.261. The van der Waals surface area contributed by atoms with Gasteiger partial charge in [0.2, 0.25) is 0 Å². The lowest BCUT2D eigenvalue weighted by atomic mass is 10.00. The molecule has 0 unspecified atom stereocenters. The van der Waals surface area contributed by atoms with E-state index in [1.54, 1.807) is 0 Å². The molecule has 0 saturated carbocycles. The summed E-state index contributed by atoms with van der Waals surface area (Å²) in [5.41, 5.74) is 24.1. The maximum Gasteiger partial charge on any atom is 0.0886 e. The van der Waals surface area contributed by atoms with E-state index in [1.807, 2.05) is 50.2 Å². The minimum absolute atomic E-state index is 0.809. The number of nitrogens with two attached hydrogens (primary N) is 2. The largest absolute Gasteiger partial charge is 0.399 e. The number of hydrogen-bond acceptors (Lipinski definition) is 4. The normalized spacial score (nSPS) is 11.2. The zero-order valence-electron chi connectivity index (χ0n) is 19.0. The van der Waals surface area contributed by atoms with Gasteiger partial charge in [0.1, 0.15) is 0 Å². The molecule has 4 rings (SSSR count). The summed E-state index contributed by atoms with van der Waals surface area (Å²) < 4.78 is 0. The van der Waals surface area contributed by atoms with E-state index in [2.05, 4.69) is 60.5 Å². The molecule has 160 valence electrons. The van der Waals surface area contributed by atoms with E-state index in [9.17, 15) is 0 Å². The molecule has 32 heavy (non-hydrogen) atoms. The molecule has 0 aliphatic rings. The number of anilines is 2. The van der Waals surface area contributed by atoms with E-state index < -0.39 is 0 Å². The second kappa shape index (κ2) is 8.67. The first-order valence-corrected chi connectivity index (χ1v) is 10.7. The van der Waals surface area contributed by atoms with Gasteiger partial charge in [-0.25, -0.2) is 0 Å². The highest BCUT2D eigenvalue weighted by Gasteiger charge is 2.06. The molecular formula is C28H28N4. The Morgan fingerprint density at radius 2 is 0.750 bits per heavy atom. The van der Waals surface area contributed by atoms with Gasteiger partial charge in [0, 0.05) is 11.4 Å². The lowest BCUT2D eigenvalue weighted by Crippen LogP contribution is -1.90. The maximum absolute atomic E-state index is 5.95. The van der Waals surface area contributed by atoms with E-state index in [-0.39, 0.29) is 0 Å². The maximum atomic E-state index is 5.95. The van der Waals surface area contributed by atoms with Crippen molar-refractivity contribution in [2.24, 2.45) is 10.2 Å². The SMILES string of the molecule is Cc1cc(-c2ccc(N=Nc3ccc(-c4ccc(N)c(C)c4)cc3C)c(C)c2)ccc1N. The molecule has 0 bridgehead atoms. The number of aryl methyl sites for hydroxylation is 4. The van der Waals surface area contributed by atoms with Gasteiger partial charge in [-0.2, -0.15) is 10.2 Å². The van der Waals surface area contributed by atoms with Gasteiger partial charge in [0.05, 0.1) is 11.4 Å². The highest BCUT2D eigenvalue weighted by atomic mass is 15.1. The molecule has 0 heterocycles. The Hall–Kier alpha value is -3.92. The first-order chi connectivity index (χ1) is 15.3. The van der Waals surface area contributed by atoms with Crippen LogP contribution in [0.5, 0.6) is 0 Å². The van der Waals surface area contributed by atoms with Gasteiger partial charge in [-0.05, 0) is 121 Å². The molecule has 4 heteroatoms. The van der Waals surface area contributed by atoms with Gasteiger partial charge in [0.25, 0.3) is 0 Å². The van der Waals surface area contributed by atoms with Crippen molar-refractivity contribution in [3.05, 3.63) is 95.1 Å². The second-order valence-electron chi connectivity index (χ2n) is 8.35. The third-order valence-corrected chi connectivity index (χ3v) is 5.87. The summed E-state index contributed by atoms with van der Waals surface area (Å²) in [6.07, 6.45) is 0. The lowest BCUT2D eigenvalue weighted by Gasteiger charge is -2.09. The predicted octanol–water partition coefficient (Wildman–Crippen LogP) is 7.83. The summed E-state index contributed by atoms with van der Waals surface area (Å²) in [5, 5.41) is 9.04. The lowest BCUT2D eigenvalue weighted by molar-refractivity contribution is 1.19. The Balaban J connectivity index is 1.57. The average Bonchev–Trinajstić information content (AvgIpc) is 2.77. The molecule has 4 aromatic carbocycles. The van der Waals surface area contributed by atoms with Crippen LogP contribution in [0, 0.1) is 27.7 Å². The number of rotatable bonds is 4. The van der Waals surface area contributed by atoms with Crippen LogP contribution >= 0.6 is 0 Å². The molecular weight excluding hydrogens is 392 g/mol. The van der Waals surface area contributed by atoms with Crippen LogP contribution in [0.2, 0.25) is 0 Å². The number of hydrogen-bond donors (Lipinski definition) is 2. The van der Waals surface area contributed by atoms with Gasteiger partial charge in [0.15, 0.2) is 0 Å². The fourth-order valence-electron chi connectivity index (χ4n) is 3.71. The van der Waals surface area contributed by atoms with E-state index in [1.165, 1.54) is 0 Å². The summed E-state index contributed by atoms with van der Waals surface area (Å²) in [6.45, 7) is 8.16. The van der Waals surface area contributed by atoms with Crippen molar-refractivity contribution < 1.29 is 0 Å². The summed E-state index contributed by atoms with van der Waals surface area (Å²) in [5.74, 6) is 0. The first kappa shape index (κ1) is 21.3. The minimum atomic E-state index is 0.809. The van der Waals surface area contributed by atoms with Crippen molar-refractivity contribution >= 4 is 22.7 Å². The van der Waals surface area contributed by atoms with Crippen LogP contribution in [0.4, 0.5) is 22.7 Å². The van der Waals surface area contributed by atoms with E-state index in [0.29, 0.717) is 0 Å². The summed E-state index contributed by atoms with van der Waals surface area (Å²) in [6, 6.07) is 24.7. The van der Waals surface area contributed by atoms with Crippen LogP contribution < -0.4 is 11.5 Å². The molecule has 0 amide bonds. The minimum Gasteiger partial charge on any atom is -0.399 e. The van der Waals surface area contributed by atoms with Gasteiger partial charge in [-0.1, -0.05) is 24.3 Å². The van der Waals surface area contributed by atoms with Crippen LogP contribution in [0.25, 0.3) is 22.3 Å². The molecule has 0 aliphatic heterocycles.